The van der Waals surface area contributed by atoms with Gasteiger partial charge in [-0.05, 0) is 48.6 Å². The molecule has 1 saturated heterocycles. The quantitative estimate of drug-likeness (QED) is 0.775. The summed E-state index contributed by atoms with van der Waals surface area (Å²) < 4.78 is 5.30. The number of carbonyl (C=O) groups excluding carboxylic acids is 1. The Balaban J connectivity index is 1.65. The molecule has 4 heteroatoms. The summed E-state index contributed by atoms with van der Waals surface area (Å²) in [7, 11) is 1.65. The number of hydrogen-bond acceptors (Lipinski definition) is 3. The number of hydrogen-bond donors (Lipinski definition) is 1. The van der Waals surface area contributed by atoms with Crippen molar-refractivity contribution < 1.29 is 14.6 Å². The normalized spacial score (nSPS) is 26.9. The molecule has 0 aromatic heterocycles. The van der Waals surface area contributed by atoms with Gasteiger partial charge in [0.2, 0.25) is 5.91 Å². The van der Waals surface area contributed by atoms with Crippen molar-refractivity contribution in [3.8, 4) is 5.75 Å². The van der Waals surface area contributed by atoms with Gasteiger partial charge in [-0.1, -0.05) is 55.3 Å². The van der Waals surface area contributed by atoms with Crippen LogP contribution in [0.2, 0.25) is 0 Å². The van der Waals surface area contributed by atoms with Crippen molar-refractivity contribution in [3.63, 3.8) is 0 Å². The van der Waals surface area contributed by atoms with Crippen LogP contribution in [-0.4, -0.2) is 35.2 Å². The number of amides is 1. The largest absolute Gasteiger partial charge is 0.497 e. The Morgan fingerprint density at radius 2 is 1.86 bits per heavy atom. The van der Waals surface area contributed by atoms with Crippen LogP contribution in [0.15, 0.2) is 60.7 Å². The summed E-state index contributed by atoms with van der Waals surface area (Å²) in [6.45, 7) is 0.571. The summed E-state index contributed by atoms with van der Waals surface area (Å²) in [5.41, 5.74) is 1.40. The van der Waals surface area contributed by atoms with Crippen LogP contribution >= 0.6 is 0 Å². The number of aliphatic hydroxyl groups is 1. The predicted molar refractivity (Wildman–Crippen MR) is 114 cm³/mol. The maximum Gasteiger partial charge on any atom is 0.247 e. The van der Waals surface area contributed by atoms with Crippen LogP contribution in [0.4, 0.5) is 0 Å². The van der Waals surface area contributed by atoms with E-state index in [9.17, 15) is 9.90 Å². The number of fused-ring (bicyclic) bond motifs is 1. The van der Waals surface area contributed by atoms with Gasteiger partial charge in [-0.2, -0.15) is 0 Å². The van der Waals surface area contributed by atoms with Gasteiger partial charge < -0.3 is 14.7 Å². The fourth-order valence-electron chi connectivity index (χ4n) is 4.97. The highest BCUT2D eigenvalue weighted by Gasteiger charge is 2.49. The molecule has 1 heterocycles. The van der Waals surface area contributed by atoms with Crippen LogP contribution in [0.5, 0.6) is 5.75 Å². The van der Waals surface area contributed by atoms with E-state index in [1.165, 1.54) is 0 Å². The maximum absolute atomic E-state index is 13.2. The topological polar surface area (TPSA) is 49.8 Å². The number of carbonyl (C=O) groups is 1. The first-order chi connectivity index (χ1) is 14.1. The lowest BCUT2D eigenvalue weighted by Crippen LogP contribution is -2.56. The summed E-state index contributed by atoms with van der Waals surface area (Å²) in [5, 5.41) is 11.4. The van der Waals surface area contributed by atoms with Gasteiger partial charge in [0.25, 0.3) is 0 Å². The summed E-state index contributed by atoms with van der Waals surface area (Å²) in [6.07, 6.45) is 8.11. The average molecular weight is 392 g/mol. The van der Waals surface area contributed by atoms with Gasteiger partial charge >= 0.3 is 0 Å². The first kappa shape index (κ1) is 19.7. The molecule has 1 amide bonds. The Hall–Kier alpha value is -2.59. The minimum absolute atomic E-state index is 0.00212. The number of piperidine rings is 1. The summed E-state index contributed by atoms with van der Waals surface area (Å²) in [4.78, 5) is 15.1. The van der Waals surface area contributed by atoms with Crippen molar-refractivity contribution in [3.05, 3.63) is 71.8 Å². The molecule has 0 radical (unpaired) electrons. The first-order valence-electron chi connectivity index (χ1n) is 10.5. The third kappa shape index (κ3) is 4.08. The monoisotopic (exact) mass is 391 g/mol. The number of nitrogens with zero attached hydrogens (tertiary/aromatic N) is 1. The second-order valence-electron chi connectivity index (χ2n) is 8.20. The lowest BCUT2D eigenvalue weighted by Gasteiger charge is -2.52. The highest BCUT2D eigenvalue weighted by molar-refractivity contribution is 5.92. The third-order valence-corrected chi connectivity index (χ3v) is 6.53. The fraction of sp³-hybridized carbons (Fsp3) is 0.400. The standard InChI is InChI=1S/C25H29NO3/c1-29-21-13-11-20(12-14-21)24-22-9-5-6-16-25(22,28)17-18-26(24)23(27)15-10-19-7-3-2-4-8-19/h2-4,7-8,10-15,22,24,28H,5-6,9,16-18H2,1H3/t22?,24-,25?/m0/s1. The highest BCUT2D eigenvalue weighted by atomic mass is 16.5. The van der Waals surface area contributed by atoms with Crippen molar-refractivity contribution in [2.45, 2.75) is 43.7 Å². The molecule has 4 rings (SSSR count). The molecule has 2 fully saturated rings. The zero-order chi connectivity index (χ0) is 20.3. The third-order valence-electron chi connectivity index (χ3n) is 6.53. The number of ether oxygens (including phenoxy) is 1. The average Bonchev–Trinajstić information content (AvgIpc) is 2.77. The van der Waals surface area contributed by atoms with E-state index in [0.717, 1.165) is 42.6 Å². The lowest BCUT2D eigenvalue weighted by molar-refractivity contribution is -0.150. The van der Waals surface area contributed by atoms with Crippen molar-refractivity contribution in [2.75, 3.05) is 13.7 Å². The second-order valence-corrected chi connectivity index (χ2v) is 8.20. The van der Waals surface area contributed by atoms with Gasteiger partial charge in [-0.15, -0.1) is 0 Å². The minimum atomic E-state index is -0.678. The SMILES string of the molecule is COc1ccc([C@H]2C3CCCCC3(O)CCN2C(=O)C=Cc2ccccc2)cc1. The van der Waals surface area contributed by atoms with E-state index in [0.29, 0.717) is 13.0 Å². The van der Waals surface area contributed by atoms with Gasteiger partial charge in [-0.3, -0.25) is 4.79 Å². The van der Waals surface area contributed by atoms with Crippen molar-refractivity contribution >= 4 is 12.0 Å². The molecule has 2 aromatic carbocycles. The molecule has 0 bridgehead atoms. The Labute approximate surface area is 172 Å². The smallest absolute Gasteiger partial charge is 0.247 e. The van der Waals surface area contributed by atoms with Crippen LogP contribution in [0.1, 0.15) is 49.3 Å². The van der Waals surface area contributed by atoms with Gasteiger partial charge in [-0.25, -0.2) is 0 Å². The molecular formula is C25H29NO3. The van der Waals surface area contributed by atoms with E-state index >= 15 is 0 Å². The Bertz CT molecular complexity index is 861. The van der Waals surface area contributed by atoms with E-state index < -0.39 is 5.60 Å². The molecule has 1 aliphatic carbocycles. The van der Waals surface area contributed by atoms with E-state index in [1.54, 1.807) is 13.2 Å². The van der Waals surface area contributed by atoms with Gasteiger partial charge in [0.1, 0.15) is 5.75 Å². The Morgan fingerprint density at radius 1 is 1.10 bits per heavy atom. The summed E-state index contributed by atoms with van der Waals surface area (Å²) in [6, 6.07) is 17.7. The molecule has 1 saturated carbocycles. The fourth-order valence-corrected chi connectivity index (χ4v) is 4.97. The van der Waals surface area contributed by atoms with E-state index in [-0.39, 0.29) is 17.9 Å². The van der Waals surface area contributed by atoms with Crippen LogP contribution in [0.25, 0.3) is 6.08 Å². The molecule has 4 nitrogen and oxygen atoms in total. The van der Waals surface area contributed by atoms with Crippen molar-refractivity contribution in [2.24, 2.45) is 5.92 Å². The number of benzene rings is 2. The molecule has 0 spiro atoms. The molecule has 152 valence electrons. The van der Waals surface area contributed by atoms with E-state index in [2.05, 4.69) is 0 Å². The minimum Gasteiger partial charge on any atom is -0.497 e. The highest BCUT2D eigenvalue weighted by Crippen LogP contribution is 2.49. The second kappa shape index (κ2) is 8.42. The van der Waals surface area contributed by atoms with Crippen LogP contribution in [0, 0.1) is 5.92 Å². The van der Waals surface area contributed by atoms with Crippen LogP contribution in [-0.2, 0) is 4.79 Å². The number of methoxy groups -OCH3 is 1. The lowest BCUT2D eigenvalue weighted by atomic mass is 9.66. The Kier molecular flexibility index (Phi) is 5.72. The molecule has 29 heavy (non-hydrogen) atoms. The molecule has 2 aliphatic rings. The summed E-state index contributed by atoms with van der Waals surface area (Å²) in [5.74, 6) is 0.861. The van der Waals surface area contributed by atoms with Crippen LogP contribution in [0.3, 0.4) is 0 Å². The molecule has 2 aromatic rings. The van der Waals surface area contributed by atoms with Gasteiger partial charge in [0, 0.05) is 18.5 Å². The molecule has 2 unspecified atom stereocenters. The molecule has 1 N–H and O–H groups in total. The van der Waals surface area contributed by atoms with Crippen molar-refractivity contribution in [1.82, 2.24) is 4.90 Å². The Morgan fingerprint density at radius 3 is 2.59 bits per heavy atom. The van der Waals surface area contributed by atoms with Crippen LogP contribution < -0.4 is 4.74 Å². The zero-order valence-corrected chi connectivity index (χ0v) is 17.0. The van der Waals surface area contributed by atoms with Gasteiger partial charge in [0.15, 0.2) is 0 Å². The van der Waals surface area contributed by atoms with Gasteiger partial charge in [0.05, 0.1) is 18.8 Å². The molecular weight excluding hydrogens is 362 g/mol. The summed E-state index contributed by atoms with van der Waals surface area (Å²) >= 11 is 0. The van der Waals surface area contributed by atoms with E-state index in [4.69, 9.17) is 4.74 Å². The number of rotatable bonds is 4. The zero-order valence-electron chi connectivity index (χ0n) is 17.0. The molecule has 1 aliphatic heterocycles. The van der Waals surface area contributed by atoms with E-state index in [1.807, 2.05) is 65.6 Å². The predicted octanol–water partition coefficient (Wildman–Crippen LogP) is 4.60. The van der Waals surface area contributed by atoms with Crippen molar-refractivity contribution in [1.29, 1.82) is 0 Å². The maximum atomic E-state index is 13.2. The first-order valence-corrected chi connectivity index (χ1v) is 10.5. The number of likely N-dealkylation sites (tertiary alicyclic amines) is 1. The molecule has 3 atom stereocenters.